The van der Waals surface area contributed by atoms with Crippen molar-refractivity contribution in [1.29, 1.82) is 0 Å². The van der Waals surface area contributed by atoms with Crippen LogP contribution in [0.1, 0.15) is 18.4 Å². The zero-order valence-corrected chi connectivity index (χ0v) is 13.9. The number of anilines is 1. The Labute approximate surface area is 146 Å². The Hall–Kier alpha value is -2.11. The van der Waals surface area contributed by atoms with Gasteiger partial charge in [0, 0.05) is 12.2 Å². The summed E-state index contributed by atoms with van der Waals surface area (Å²) >= 11 is 0. The van der Waals surface area contributed by atoms with Crippen LogP contribution in [0.15, 0.2) is 48.5 Å². The van der Waals surface area contributed by atoms with Gasteiger partial charge in [-0.3, -0.25) is 4.79 Å². The van der Waals surface area contributed by atoms with E-state index in [-0.39, 0.29) is 24.1 Å². The van der Waals surface area contributed by atoms with E-state index in [0.717, 1.165) is 18.4 Å². The van der Waals surface area contributed by atoms with Crippen LogP contribution in [0.2, 0.25) is 0 Å². The lowest BCUT2D eigenvalue weighted by atomic mass is 9.95. The molecular formula is C18H20ClFN2O2. The lowest BCUT2D eigenvalue weighted by molar-refractivity contribution is -0.118. The van der Waals surface area contributed by atoms with Crippen molar-refractivity contribution in [2.45, 2.75) is 18.3 Å². The Morgan fingerprint density at radius 3 is 2.29 bits per heavy atom. The highest BCUT2D eigenvalue weighted by molar-refractivity contribution is 6.01. The van der Waals surface area contributed by atoms with Crippen molar-refractivity contribution in [1.82, 2.24) is 0 Å². The molecule has 0 spiro atoms. The van der Waals surface area contributed by atoms with E-state index in [9.17, 15) is 9.18 Å². The van der Waals surface area contributed by atoms with Crippen LogP contribution < -0.4 is 15.8 Å². The maximum absolute atomic E-state index is 13.0. The van der Waals surface area contributed by atoms with Gasteiger partial charge in [0.1, 0.15) is 18.2 Å². The Bertz CT molecular complexity index is 685. The number of carbonyl (C=O) groups excluding carboxylic acids is 1. The minimum Gasteiger partial charge on any atom is -0.492 e. The summed E-state index contributed by atoms with van der Waals surface area (Å²) in [5.41, 5.74) is 6.43. The molecule has 1 saturated carbocycles. The molecule has 6 heteroatoms. The summed E-state index contributed by atoms with van der Waals surface area (Å²) in [6, 6.07) is 13.3. The van der Waals surface area contributed by atoms with Crippen LogP contribution in [0.25, 0.3) is 0 Å². The van der Waals surface area contributed by atoms with Gasteiger partial charge in [-0.1, -0.05) is 12.1 Å². The van der Waals surface area contributed by atoms with E-state index in [4.69, 9.17) is 10.5 Å². The molecule has 0 aromatic heterocycles. The quantitative estimate of drug-likeness (QED) is 0.840. The number of hydrogen-bond donors (Lipinski definition) is 2. The van der Waals surface area contributed by atoms with Gasteiger partial charge in [-0.25, -0.2) is 4.39 Å². The molecule has 1 amide bonds. The average Bonchev–Trinajstić information content (AvgIpc) is 3.37. The van der Waals surface area contributed by atoms with Crippen molar-refractivity contribution in [2.75, 3.05) is 18.5 Å². The number of halogens is 2. The second-order valence-corrected chi connectivity index (χ2v) is 5.70. The Morgan fingerprint density at radius 2 is 1.75 bits per heavy atom. The topological polar surface area (TPSA) is 64.3 Å². The number of benzene rings is 2. The van der Waals surface area contributed by atoms with E-state index in [1.165, 1.54) is 12.1 Å². The zero-order valence-electron chi connectivity index (χ0n) is 13.1. The van der Waals surface area contributed by atoms with Crippen LogP contribution in [0.4, 0.5) is 10.1 Å². The zero-order chi connectivity index (χ0) is 16.3. The van der Waals surface area contributed by atoms with Crippen molar-refractivity contribution in [3.8, 4) is 5.75 Å². The summed E-state index contributed by atoms with van der Waals surface area (Å²) in [7, 11) is 0. The van der Waals surface area contributed by atoms with Crippen LogP contribution >= 0.6 is 12.4 Å². The molecule has 128 valence electrons. The van der Waals surface area contributed by atoms with E-state index in [0.29, 0.717) is 24.6 Å². The molecule has 2 aromatic carbocycles. The van der Waals surface area contributed by atoms with Crippen LogP contribution in [-0.4, -0.2) is 19.1 Å². The van der Waals surface area contributed by atoms with Gasteiger partial charge >= 0.3 is 0 Å². The van der Waals surface area contributed by atoms with Gasteiger partial charge in [0.2, 0.25) is 5.91 Å². The highest BCUT2D eigenvalue weighted by Gasteiger charge is 2.51. The highest BCUT2D eigenvalue weighted by atomic mass is 35.5. The molecule has 0 saturated heterocycles. The monoisotopic (exact) mass is 350 g/mol. The van der Waals surface area contributed by atoms with E-state index in [1.54, 1.807) is 36.4 Å². The number of amides is 1. The molecule has 1 aliphatic carbocycles. The molecule has 0 aliphatic heterocycles. The summed E-state index contributed by atoms with van der Waals surface area (Å²) in [6.45, 7) is 0.915. The Balaban J connectivity index is 0.00000208. The molecule has 0 atom stereocenters. The standard InChI is InChI=1S/C18H19FN2O2.ClH/c19-14-3-1-13(2-4-14)18(9-10-18)17(22)21-15-5-7-16(8-6-15)23-12-11-20;/h1-8H,9-12,20H2,(H,21,22);1H. The first-order valence-electron chi connectivity index (χ1n) is 7.64. The van der Waals surface area contributed by atoms with E-state index in [2.05, 4.69) is 5.32 Å². The largest absolute Gasteiger partial charge is 0.492 e. The number of nitrogens with one attached hydrogen (secondary N) is 1. The van der Waals surface area contributed by atoms with Gasteiger partial charge in [-0.05, 0) is 54.8 Å². The molecule has 0 unspecified atom stereocenters. The lowest BCUT2D eigenvalue weighted by Crippen LogP contribution is -2.27. The molecule has 4 nitrogen and oxygen atoms in total. The fourth-order valence-electron chi connectivity index (χ4n) is 2.60. The van der Waals surface area contributed by atoms with E-state index >= 15 is 0 Å². The average molecular weight is 351 g/mol. The molecule has 1 aliphatic rings. The van der Waals surface area contributed by atoms with Gasteiger partial charge in [0.15, 0.2) is 0 Å². The van der Waals surface area contributed by atoms with Crippen LogP contribution in [0.3, 0.4) is 0 Å². The van der Waals surface area contributed by atoms with E-state index in [1.807, 2.05) is 0 Å². The molecule has 0 bridgehead atoms. The van der Waals surface area contributed by atoms with Crippen molar-refractivity contribution < 1.29 is 13.9 Å². The molecule has 3 rings (SSSR count). The SMILES string of the molecule is Cl.NCCOc1ccc(NC(=O)C2(c3ccc(F)cc3)CC2)cc1. The molecule has 1 fully saturated rings. The first-order valence-corrected chi connectivity index (χ1v) is 7.64. The summed E-state index contributed by atoms with van der Waals surface area (Å²) in [6.07, 6.45) is 1.56. The van der Waals surface area contributed by atoms with Crippen molar-refractivity contribution in [3.63, 3.8) is 0 Å². The second-order valence-electron chi connectivity index (χ2n) is 5.70. The molecule has 2 aromatic rings. The summed E-state index contributed by atoms with van der Waals surface area (Å²) in [4.78, 5) is 12.6. The van der Waals surface area contributed by atoms with Crippen molar-refractivity contribution >= 4 is 24.0 Å². The molecule has 3 N–H and O–H groups in total. The van der Waals surface area contributed by atoms with Crippen molar-refractivity contribution in [3.05, 3.63) is 59.9 Å². The third-order valence-corrected chi connectivity index (χ3v) is 4.08. The third kappa shape index (κ3) is 3.86. The first-order chi connectivity index (χ1) is 11.1. The lowest BCUT2D eigenvalue weighted by Gasteiger charge is -2.16. The molecular weight excluding hydrogens is 331 g/mol. The summed E-state index contributed by atoms with van der Waals surface area (Å²) in [5, 5.41) is 2.93. The fourth-order valence-corrected chi connectivity index (χ4v) is 2.60. The Kier molecular flexibility index (Phi) is 5.80. The van der Waals surface area contributed by atoms with Gasteiger partial charge in [-0.2, -0.15) is 0 Å². The maximum Gasteiger partial charge on any atom is 0.235 e. The number of nitrogens with two attached hydrogens (primary N) is 1. The maximum atomic E-state index is 13.0. The minimum atomic E-state index is -0.525. The molecule has 0 heterocycles. The minimum absolute atomic E-state index is 0. The summed E-state index contributed by atoms with van der Waals surface area (Å²) < 4.78 is 18.5. The fraction of sp³-hybridized carbons (Fsp3) is 0.278. The molecule has 24 heavy (non-hydrogen) atoms. The first kappa shape index (κ1) is 18.2. The van der Waals surface area contributed by atoms with Gasteiger partial charge < -0.3 is 15.8 Å². The van der Waals surface area contributed by atoms with Crippen LogP contribution in [0, 0.1) is 5.82 Å². The predicted octanol–water partition coefficient (Wildman–Crippen LogP) is 3.26. The van der Waals surface area contributed by atoms with Crippen LogP contribution in [-0.2, 0) is 10.2 Å². The number of ether oxygens (including phenoxy) is 1. The second kappa shape index (κ2) is 7.64. The number of hydrogen-bond acceptors (Lipinski definition) is 3. The molecule has 0 radical (unpaired) electrons. The normalized spacial score (nSPS) is 14.4. The van der Waals surface area contributed by atoms with Gasteiger partial charge in [0.05, 0.1) is 5.41 Å². The highest BCUT2D eigenvalue weighted by Crippen LogP contribution is 2.49. The van der Waals surface area contributed by atoms with Gasteiger partial charge in [0.25, 0.3) is 0 Å². The van der Waals surface area contributed by atoms with Crippen molar-refractivity contribution in [2.24, 2.45) is 5.73 Å². The predicted molar refractivity (Wildman–Crippen MR) is 94.2 cm³/mol. The Morgan fingerprint density at radius 1 is 1.12 bits per heavy atom. The smallest absolute Gasteiger partial charge is 0.235 e. The third-order valence-electron chi connectivity index (χ3n) is 4.08. The van der Waals surface area contributed by atoms with Gasteiger partial charge in [-0.15, -0.1) is 12.4 Å². The summed E-state index contributed by atoms with van der Waals surface area (Å²) in [5.74, 6) is 0.367. The van der Waals surface area contributed by atoms with E-state index < -0.39 is 5.41 Å². The van der Waals surface area contributed by atoms with Crippen LogP contribution in [0.5, 0.6) is 5.75 Å². The number of rotatable bonds is 6. The number of carbonyl (C=O) groups is 1.